The number of carbonyl (C=O) groups excluding carboxylic acids is 3. The summed E-state index contributed by atoms with van der Waals surface area (Å²) in [6.45, 7) is 5.13. The van der Waals surface area contributed by atoms with Gasteiger partial charge < -0.3 is 15.8 Å². The highest BCUT2D eigenvalue weighted by atomic mass is 79.9. The number of carbonyl (C=O) groups is 3. The van der Waals surface area contributed by atoms with Gasteiger partial charge in [0.2, 0.25) is 5.91 Å². The van der Waals surface area contributed by atoms with Crippen LogP contribution in [0, 0.1) is 0 Å². The Balaban J connectivity index is 1.97. The van der Waals surface area contributed by atoms with Crippen molar-refractivity contribution >= 4 is 39.7 Å². The van der Waals surface area contributed by atoms with E-state index >= 15 is 0 Å². The van der Waals surface area contributed by atoms with Crippen molar-refractivity contribution in [3.63, 3.8) is 0 Å². The summed E-state index contributed by atoms with van der Waals surface area (Å²) >= 11 is 3.26. The summed E-state index contributed by atoms with van der Waals surface area (Å²) < 4.78 is 7.39. The molecule has 1 aromatic rings. The molecule has 1 unspecified atom stereocenters. The predicted octanol–water partition coefficient (Wildman–Crippen LogP) is 0.788. The fourth-order valence-corrected chi connectivity index (χ4v) is 3.44. The van der Waals surface area contributed by atoms with Crippen LogP contribution < -0.4 is 11.1 Å². The van der Waals surface area contributed by atoms with Gasteiger partial charge >= 0.3 is 6.09 Å². The van der Waals surface area contributed by atoms with Gasteiger partial charge in [-0.25, -0.2) is 9.48 Å². The van der Waals surface area contributed by atoms with Gasteiger partial charge in [-0.2, -0.15) is 5.10 Å². The fourth-order valence-electron chi connectivity index (χ4n) is 3.07. The fraction of sp³-hybridized carbons (Fsp3) is 0.571. The number of hydrogen-bond acceptors (Lipinski definition) is 5. The van der Waals surface area contributed by atoms with Crippen molar-refractivity contribution in [2.45, 2.75) is 44.4 Å². The molecule has 1 aromatic heterocycles. The number of aromatic nitrogens is 2. The number of likely N-dealkylation sites (tertiary alicyclic amines) is 1. The molecule has 2 aliphatic heterocycles. The summed E-state index contributed by atoms with van der Waals surface area (Å²) in [6.07, 6.45) is -0.634. The molecule has 0 radical (unpaired) electrons. The first kappa shape index (κ1) is 16.7. The molecular weight excluding hydrogens is 382 g/mol. The van der Waals surface area contributed by atoms with Crippen LogP contribution in [0.5, 0.6) is 0 Å². The molecule has 130 valence electrons. The Bertz CT molecular complexity index is 740. The van der Waals surface area contributed by atoms with Gasteiger partial charge in [0.15, 0.2) is 5.54 Å². The first-order valence-electron chi connectivity index (χ1n) is 7.40. The van der Waals surface area contributed by atoms with Crippen molar-refractivity contribution in [1.82, 2.24) is 14.7 Å². The number of nitrogens with one attached hydrogen (secondary N) is 1. The van der Waals surface area contributed by atoms with Crippen molar-refractivity contribution in [3.05, 3.63) is 10.7 Å². The van der Waals surface area contributed by atoms with Gasteiger partial charge in [-0.3, -0.25) is 14.5 Å². The molecule has 9 nitrogen and oxygen atoms in total. The molecule has 0 aromatic carbocycles. The number of anilines is 1. The van der Waals surface area contributed by atoms with E-state index in [0.29, 0.717) is 10.4 Å². The maximum atomic E-state index is 12.5. The molecule has 3 rings (SSSR count). The lowest BCUT2D eigenvalue weighted by molar-refractivity contribution is -0.123. The summed E-state index contributed by atoms with van der Waals surface area (Å²) in [5.74, 6) is -0.513. The average Bonchev–Trinajstić information content (AvgIpc) is 3.04. The minimum atomic E-state index is -1.17. The lowest BCUT2D eigenvalue weighted by atomic mass is 9.96. The SMILES string of the molecule is CC(C)(C)OC(=O)N1CC2(C[C@H]1C(N)=O)C(=O)Nc1cc(Br)nn12. The number of primary amides is 1. The molecule has 3 N–H and O–H groups in total. The Hall–Kier alpha value is -2.10. The van der Waals surface area contributed by atoms with Crippen LogP contribution in [0.25, 0.3) is 0 Å². The third kappa shape index (κ3) is 2.54. The molecule has 2 atom stereocenters. The number of halogens is 1. The van der Waals surface area contributed by atoms with Gasteiger partial charge in [0.1, 0.15) is 22.1 Å². The zero-order valence-corrected chi connectivity index (χ0v) is 15.1. The number of fused-ring (bicyclic) bond motifs is 2. The molecule has 1 saturated heterocycles. The molecule has 0 aliphatic carbocycles. The van der Waals surface area contributed by atoms with Crippen molar-refractivity contribution in [2.75, 3.05) is 11.9 Å². The number of rotatable bonds is 1. The van der Waals surface area contributed by atoms with Gasteiger partial charge in [-0.15, -0.1) is 0 Å². The van der Waals surface area contributed by atoms with E-state index in [0.717, 1.165) is 0 Å². The van der Waals surface area contributed by atoms with Crippen LogP contribution in [0.1, 0.15) is 27.2 Å². The number of ether oxygens (including phenoxy) is 1. The second-order valence-corrected chi connectivity index (χ2v) is 7.79. The van der Waals surface area contributed by atoms with E-state index in [1.165, 1.54) is 9.58 Å². The molecule has 3 heterocycles. The Morgan fingerprint density at radius 3 is 2.75 bits per heavy atom. The molecule has 2 aliphatic rings. The van der Waals surface area contributed by atoms with Crippen LogP contribution in [0.4, 0.5) is 10.6 Å². The molecule has 3 amide bonds. The van der Waals surface area contributed by atoms with Crippen molar-refractivity contribution in [1.29, 1.82) is 0 Å². The number of nitrogens with two attached hydrogens (primary N) is 1. The molecule has 1 spiro atoms. The summed E-state index contributed by atoms with van der Waals surface area (Å²) in [7, 11) is 0. The summed E-state index contributed by atoms with van der Waals surface area (Å²) in [6, 6.07) is 0.710. The van der Waals surface area contributed by atoms with Crippen LogP contribution >= 0.6 is 15.9 Å². The molecule has 10 heteroatoms. The van der Waals surface area contributed by atoms with Gasteiger partial charge in [0.05, 0.1) is 6.54 Å². The molecular formula is C14H18BrN5O4. The summed E-state index contributed by atoms with van der Waals surface area (Å²) in [5, 5.41) is 6.98. The van der Waals surface area contributed by atoms with Gasteiger partial charge in [0.25, 0.3) is 5.91 Å². The van der Waals surface area contributed by atoms with E-state index < -0.39 is 29.2 Å². The monoisotopic (exact) mass is 399 g/mol. The third-order valence-electron chi connectivity index (χ3n) is 4.04. The van der Waals surface area contributed by atoms with E-state index in [9.17, 15) is 14.4 Å². The summed E-state index contributed by atoms with van der Waals surface area (Å²) in [5.41, 5.74) is 3.55. The van der Waals surface area contributed by atoms with Crippen molar-refractivity contribution < 1.29 is 19.1 Å². The van der Waals surface area contributed by atoms with Crippen LogP contribution in [0.3, 0.4) is 0 Å². The first-order chi connectivity index (χ1) is 11.0. The largest absolute Gasteiger partial charge is 0.444 e. The highest BCUT2D eigenvalue weighted by molar-refractivity contribution is 9.10. The second kappa shape index (κ2) is 5.20. The third-order valence-corrected chi connectivity index (χ3v) is 4.43. The number of nitrogens with zero attached hydrogens (tertiary/aromatic N) is 3. The van der Waals surface area contributed by atoms with Crippen molar-refractivity contribution in [3.8, 4) is 0 Å². The maximum absolute atomic E-state index is 12.5. The van der Waals surface area contributed by atoms with E-state index in [1.807, 2.05) is 0 Å². The lowest BCUT2D eigenvalue weighted by Crippen LogP contribution is -2.47. The van der Waals surface area contributed by atoms with Crippen molar-refractivity contribution in [2.24, 2.45) is 5.73 Å². The molecule has 1 fully saturated rings. The van der Waals surface area contributed by atoms with E-state index in [4.69, 9.17) is 10.5 Å². The zero-order valence-electron chi connectivity index (χ0n) is 13.5. The predicted molar refractivity (Wildman–Crippen MR) is 87.1 cm³/mol. The minimum Gasteiger partial charge on any atom is -0.444 e. The average molecular weight is 400 g/mol. The van der Waals surface area contributed by atoms with Gasteiger partial charge in [0, 0.05) is 12.5 Å². The second-order valence-electron chi connectivity index (χ2n) is 6.98. The highest BCUT2D eigenvalue weighted by Gasteiger charge is 2.58. The quantitative estimate of drug-likeness (QED) is 0.722. The van der Waals surface area contributed by atoms with E-state index in [1.54, 1.807) is 26.8 Å². The maximum Gasteiger partial charge on any atom is 0.411 e. The Morgan fingerprint density at radius 2 is 2.17 bits per heavy atom. The van der Waals surface area contributed by atoms with Crippen LogP contribution in [-0.2, 0) is 19.9 Å². The van der Waals surface area contributed by atoms with Crippen LogP contribution in [0.2, 0.25) is 0 Å². The van der Waals surface area contributed by atoms with Crippen LogP contribution in [0.15, 0.2) is 10.7 Å². The topological polar surface area (TPSA) is 120 Å². The van der Waals surface area contributed by atoms with Gasteiger partial charge in [-0.1, -0.05) is 0 Å². The Kier molecular flexibility index (Phi) is 3.63. The van der Waals surface area contributed by atoms with E-state index in [2.05, 4.69) is 26.3 Å². The summed E-state index contributed by atoms with van der Waals surface area (Å²) in [4.78, 5) is 38.1. The standard InChI is InChI=1S/C14H18BrN5O4/c1-13(2,3)24-12(23)19-6-14(5-7(19)10(16)21)11(22)17-9-4-8(15)18-20(9)14/h4,7H,5-6H2,1-3H3,(H2,16,21)(H,17,22)/t7-,14?/m0/s1. The molecule has 24 heavy (non-hydrogen) atoms. The Morgan fingerprint density at radius 1 is 1.50 bits per heavy atom. The molecule has 0 bridgehead atoms. The smallest absolute Gasteiger partial charge is 0.411 e. The minimum absolute atomic E-state index is 0.0392. The number of hydrogen-bond donors (Lipinski definition) is 2. The zero-order chi connectivity index (χ0) is 17.9. The number of amides is 3. The van der Waals surface area contributed by atoms with Gasteiger partial charge in [-0.05, 0) is 36.7 Å². The normalized spacial score (nSPS) is 25.8. The van der Waals surface area contributed by atoms with Crippen LogP contribution in [-0.4, -0.2) is 50.8 Å². The lowest BCUT2D eigenvalue weighted by Gasteiger charge is -2.27. The Labute approximate surface area is 146 Å². The molecule has 0 saturated carbocycles. The first-order valence-corrected chi connectivity index (χ1v) is 8.19. The highest BCUT2D eigenvalue weighted by Crippen LogP contribution is 2.41. The van der Waals surface area contributed by atoms with E-state index in [-0.39, 0.29) is 18.9 Å².